The Kier molecular flexibility index (Phi) is 9.23. The molecule has 2 aromatic carbocycles. The predicted molar refractivity (Wildman–Crippen MR) is 152 cm³/mol. The quantitative estimate of drug-likeness (QED) is 0.204. The lowest BCUT2D eigenvalue weighted by atomic mass is 10.2. The molecule has 2 aliphatic heterocycles. The van der Waals surface area contributed by atoms with E-state index >= 15 is 0 Å². The molecular formula is C27H27ClN5O9P. The molecule has 5 rings (SSSR count). The third kappa shape index (κ3) is 7.66. The zero-order chi connectivity index (χ0) is 30.6. The second-order valence-corrected chi connectivity index (χ2v) is 11.4. The molecule has 1 fully saturated rings. The molecule has 226 valence electrons. The van der Waals surface area contributed by atoms with E-state index in [1.807, 2.05) is 0 Å². The smallest absolute Gasteiger partial charge is 0.457 e. The molecule has 3 heterocycles. The van der Waals surface area contributed by atoms with Gasteiger partial charge in [-0.15, -0.1) is 0 Å². The Labute approximate surface area is 250 Å². The summed E-state index contributed by atoms with van der Waals surface area (Å²) in [6, 6.07) is 14.3. The summed E-state index contributed by atoms with van der Waals surface area (Å²) in [5, 5.41) is 6.17. The van der Waals surface area contributed by atoms with Gasteiger partial charge in [-0.3, -0.25) is 19.0 Å². The number of carbonyl (C=O) groups is 3. The van der Waals surface area contributed by atoms with Crippen LogP contribution in [0.4, 0.5) is 5.82 Å². The molecule has 1 aromatic heterocycles. The normalized spacial score (nSPS) is 22.1. The van der Waals surface area contributed by atoms with Crippen molar-refractivity contribution in [3.8, 4) is 5.75 Å². The molecule has 2 aliphatic rings. The van der Waals surface area contributed by atoms with Crippen LogP contribution in [0.3, 0.4) is 0 Å². The molecular weight excluding hydrogens is 605 g/mol. The van der Waals surface area contributed by atoms with Crippen LogP contribution in [0.5, 0.6) is 5.75 Å². The lowest BCUT2D eigenvalue weighted by Crippen LogP contribution is -2.30. The monoisotopic (exact) mass is 631 g/mol. The number of esters is 1. The number of halogens is 1. The summed E-state index contributed by atoms with van der Waals surface area (Å²) in [5.74, 6) is -0.840. The van der Waals surface area contributed by atoms with Gasteiger partial charge in [0.05, 0.1) is 19.1 Å². The minimum atomic E-state index is -4.79. The lowest BCUT2D eigenvalue weighted by Gasteiger charge is -2.22. The largest absolute Gasteiger partial charge is 0.529 e. The summed E-state index contributed by atoms with van der Waals surface area (Å²) in [6.45, 7) is 1.35. The molecule has 0 saturated carbocycles. The molecule has 14 nitrogen and oxygen atoms in total. The van der Waals surface area contributed by atoms with Crippen LogP contribution in [0, 0.1) is 0 Å². The topological polar surface area (TPSA) is 180 Å². The zero-order valence-corrected chi connectivity index (χ0v) is 24.3. The van der Waals surface area contributed by atoms with E-state index in [1.165, 1.54) is 43.9 Å². The number of hydrogen-bond acceptors (Lipinski definition) is 11. The fourth-order valence-corrected chi connectivity index (χ4v) is 5.36. The summed E-state index contributed by atoms with van der Waals surface area (Å²) in [7, 11) is -4.79. The average molecular weight is 632 g/mol. The molecule has 0 bridgehead atoms. The van der Waals surface area contributed by atoms with Gasteiger partial charge in [-0.2, -0.15) is 0 Å². The Hall–Kier alpha value is -4.07. The summed E-state index contributed by atoms with van der Waals surface area (Å²) in [4.78, 5) is 55.7. The van der Waals surface area contributed by atoms with Crippen LogP contribution in [0.25, 0.3) is 0 Å². The number of amides is 1. The van der Waals surface area contributed by atoms with Crippen molar-refractivity contribution < 1.29 is 42.4 Å². The van der Waals surface area contributed by atoms with E-state index in [2.05, 4.69) is 20.6 Å². The van der Waals surface area contributed by atoms with Crippen molar-refractivity contribution in [3.05, 3.63) is 77.2 Å². The molecule has 3 N–H and O–H groups in total. The first kappa shape index (κ1) is 30.4. The van der Waals surface area contributed by atoms with Gasteiger partial charge in [-0.1, -0.05) is 29.8 Å². The maximum atomic E-state index is 12.9. The fourth-order valence-electron chi connectivity index (χ4n) is 4.36. The first-order valence-electron chi connectivity index (χ1n) is 13.1. The van der Waals surface area contributed by atoms with E-state index in [-0.39, 0.29) is 36.7 Å². The number of ether oxygens (including phenoxy) is 2. The van der Waals surface area contributed by atoms with Gasteiger partial charge in [0.2, 0.25) is 6.29 Å². The number of anilines is 1. The second kappa shape index (κ2) is 13.1. The van der Waals surface area contributed by atoms with Gasteiger partial charge in [0.25, 0.3) is 5.91 Å². The fraction of sp³-hybridized carbons (Fsp3) is 0.296. The van der Waals surface area contributed by atoms with Crippen LogP contribution in [-0.2, 0) is 28.2 Å². The Morgan fingerprint density at radius 3 is 2.63 bits per heavy atom. The highest BCUT2D eigenvalue weighted by Gasteiger charge is 2.45. The number of benzene rings is 2. The molecule has 0 spiro atoms. The number of phosphoric ester groups is 1. The van der Waals surface area contributed by atoms with E-state index in [0.717, 1.165) is 0 Å². The van der Waals surface area contributed by atoms with Crippen LogP contribution in [-0.4, -0.2) is 50.8 Å². The van der Waals surface area contributed by atoms with Gasteiger partial charge in [-0.25, -0.2) is 19.1 Å². The summed E-state index contributed by atoms with van der Waals surface area (Å²) in [5.41, 5.74) is 0.827. The third-order valence-corrected chi connectivity index (χ3v) is 7.55. The van der Waals surface area contributed by atoms with Gasteiger partial charge in [0.1, 0.15) is 29.3 Å². The summed E-state index contributed by atoms with van der Waals surface area (Å²) >= 11 is 5.86. The number of Topliss-reactive ketones (excluding diaryl/α,β-unsaturated/α-hetero) is 1. The lowest BCUT2D eigenvalue weighted by molar-refractivity contribution is -0.170. The first-order valence-corrected chi connectivity index (χ1v) is 15.0. The van der Waals surface area contributed by atoms with Crippen LogP contribution in [0.15, 0.2) is 65.9 Å². The number of nitrogens with one attached hydrogen (secondary N) is 2. The van der Waals surface area contributed by atoms with Crippen molar-refractivity contribution >= 4 is 49.2 Å². The second-order valence-electron chi connectivity index (χ2n) is 9.59. The molecule has 1 unspecified atom stereocenters. The highest BCUT2D eigenvalue weighted by atomic mass is 35.5. The Morgan fingerprint density at radius 1 is 1.16 bits per heavy atom. The molecule has 1 amide bonds. The number of imidazole rings is 1. The zero-order valence-electron chi connectivity index (χ0n) is 22.7. The number of aromatic nitrogens is 2. The van der Waals surface area contributed by atoms with E-state index < -0.39 is 38.6 Å². The number of hydrogen-bond donors (Lipinski definition) is 3. The van der Waals surface area contributed by atoms with Crippen molar-refractivity contribution in [2.24, 2.45) is 4.99 Å². The van der Waals surface area contributed by atoms with Gasteiger partial charge in [-0.05, 0) is 43.3 Å². The number of aliphatic imine (C=N–C) groups is 1. The highest BCUT2D eigenvalue weighted by Crippen LogP contribution is 2.49. The van der Waals surface area contributed by atoms with Crippen LogP contribution in [0.1, 0.15) is 54.6 Å². The number of carbonyl (C=O) groups excluding carboxylic acids is 3. The molecule has 5 atom stereocenters. The van der Waals surface area contributed by atoms with E-state index in [0.29, 0.717) is 22.1 Å². The molecule has 16 heteroatoms. The molecule has 0 aliphatic carbocycles. The molecule has 0 radical (unpaired) electrons. The van der Waals surface area contributed by atoms with E-state index in [4.69, 9.17) is 30.1 Å². The summed E-state index contributed by atoms with van der Waals surface area (Å²) in [6.07, 6.45) is -1.81. The van der Waals surface area contributed by atoms with Crippen molar-refractivity contribution in [3.63, 3.8) is 0 Å². The Balaban J connectivity index is 1.33. The van der Waals surface area contributed by atoms with Crippen molar-refractivity contribution in [1.29, 1.82) is 0 Å². The summed E-state index contributed by atoms with van der Waals surface area (Å²) < 4.78 is 36.3. The van der Waals surface area contributed by atoms with E-state index in [1.54, 1.807) is 34.9 Å². The van der Waals surface area contributed by atoms with Crippen LogP contribution >= 0.6 is 19.4 Å². The highest BCUT2D eigenvalue weighted by molar-refractivity contribution is 7.47. The first-order chi connectivity index (χ1) is 20.6. The average Bonchev–Trinajstić information content (AvgIpc) is 3.57. The number of fused-ring (bicyclic) bond motifs is 1. The van der Waals surface area contributed by atoms with Crippen molar-refractivity contribution in [2.75, 3.05) is 5.32 Å². The van der Waals surface area contributed by atoms with E-state index in [9.17, 15) is 23.8 Å². The molecule has 1 saturated heterocycles. The third-order valence-electron chi connectivity index (χ3n) is 6.38. The Morgan fingerprint density at radius 2 is 1.91 bits per heavy atom. The van der Waals surface area contributed by atoms with Gasteiger partial charge in [0.15, 0.2) is 12.3 Å². The number of nitrogens with zero attached hydrogens (tertiary/aromatic N) is 3. The minimum Gasteiger partial charge on any atom is -0.457 e. The Bertz CT molecular complexity index is 1570. The molecule has 3 aromatic rings. The number of phosphoric acid groups is 1. The van der Waals surface area contributed by atoms with Gasteiger partial charge in [0, 0.05) is 23.4 Å². The minimum absolute atomic E-state index is 0.00976. The maximum Gasteiger partial charge on any atom is 0.529 e. The molecule has 43 heavy (non-hydrogen) atoms. The predicted octanol–water partition coefficient (Wildman–Crippen LogP) is 4.14. The van der Waals surface area contributed by atoms with Gasteiger partial charge >= 0.3 is 13.8 Å². The van der Waals surface area contributed by atoms with Crippen molar-refractivity contribution in [1.82, 2.24) is 14.9 Å². The van der Waals surface area contributed by atoms with Crippen LogP contribution in [0.2, 0.25) is 5.02 Å². The van der Waals surface area contributed by atoms with Crippen molar-refractivity contribution in [2.45, 2.75) is 51.0 Å². The van der Waals surface area contributed by atoms with Gasteiger partial charge < -0.3 is 29.4 Å². The standard InChI is InChI=1S/C27H27ClN5O9P/c1-16(34)7-12-22(35)39-20-13-21(40-27(20)42-43(37,38)41-19-10-8-18(28)9-11-19)33-15-31-23-24(29-14-30-25(23)33)32-26(36)17-5-3-2-4-6-17/h2-6,8-11,14-15,20-21,24,27H,7,12-13H2,1H3,(H,29,30)(H,32,36)(H,37,38)/t20-,21-,24-,27-/m1/s1. The SMILES string of the molecule is CC(=O)CCC(=O)O[C@@H]1C[C@H](n2cnc3c2NC=N[C@@H]3NC(=O)c2ccccc2)O[C@@H]1OP(=O)(O)Oc1ccc(Cl)cc1. The maximum absolute atomic E-state index is 12.9. The number of rotatable bonds is 11. The van der Waals surface area contributed by atoms with Crippen LogP contribution < -0.4 is 15.2 Å². The number of ketones is 1.